The Labute approximate surface area is 94.5 Å². The molecule has 0 fully saturated rings. The molecule has 0 unspecified atom stereocenters. The molecule has 0 amide bonds. The van der Waals surface area contributed by atoms with Gasteiger partial charge in [0, 0.05) is 13.1 Å². The lowest BCUT2D eigenvalue weighted by atomic mass is 10.1. The summed E-state index contributed by atoms with van der Waals surface area (Å²) in [5.74, 6) is 0. The first kappa shape index (κ1) is 10.5. The van der Waals surface area contributed by atoms with Crippen LogP contribution >= 0.6 is 11.6 Å². The highest BCUT2D eigenvalue weighted by Crippen LogP contribution is 2.14. The molecule has 15 heavy (non-hydrogen) atoms. The zero-order valence-electron chi connectivity index (χ0n) is 8.63. The molecule has 1 atom stereocenters. The SMILES string of the molecule is C[C@]1(CNc2ccc(Cl)nc2)C=CCN1. The van der Waals surface area contributed by atoms with Crippen molar-refractivity contribution in [2.24, 2.45) is 0 Å². The minimum absolute atomic E-state index is 0.0413. The van der Waals surface area contributed by atoms with Crippen molar-refractivity contribution >= 4 is 17.3 Å². The van der Waals surface area contributed by atoms with Crippen LogP contribution in [0, 0.1) is 0 Å². The summed E-state index contributed by atoms with van der Waals surface area (Å²) in [6.45, 7) is 3.94. The Morgan fingerprint density at radius 1 is 1.60 bits per heavy atom. The van der Waals surface area contributed by atoms with Gasteiger partial charge in [0.05, 0.1) is 17.4 Å². The van der Waals surface area contributed by atoms with Gasteiger partial charge in [0.15, 0.2) is 0 Å². The number of rotatable bonds is 3. The van der Waals surface area contributed by atoms with Crippen molar-refractivity contribution in [3.63, 3.8) is 0 Å². The molecule has 0 saturated heterocycles. The van der Waals surface area contributed by atoms with Crippen LogP contribution in [-0.2, 0) is 0 Å². The summed E-state index contributed by atoms with van der Waals surface area (Å²) < 4.78 is 0. The molecule has 2 heterocycles. The Hall–Kier alpha value is -1.06. The number of nitrogens with zero attached hydrogens (tertiary/aromatic N) is 1. The molecule has 4 heteroatoms. The fourth-order valence-corrected chi connectivity index (χ4v) is 1.67. The molecule has 0 aliphatic carbocycles. The quantitative estimate of drug-likeness (QED) is 0.609. The molecule has 0 spiro atoms. The van der Waals surface area contributed by atoms with Crippen LogP contribution in [0.5, 0.6) is 0 Å². The minimum Gasteiger partial charge on any atom is -0.382 e. The molecule has 3 nitrogen and oxygen atoms in total. The summed E-state index contributed by atoms with van der Waals surface area (Å²) in [5.41, 5.74) is 1.03. The maximum absolute atomic E-state index is 5.70. The summed E-state index contributed by atoms with van der Waals surface area (Å²) in [4.78, 5) is 4.01. The second-order valence-corrected chi connectivity index (χ2v) is 4.31. The summed E-state index contributed by atoms with van der Waals surface area (Å²) in [6.07, 6.45) is 6.06. The Morgan fingerprint density at radius 3 is 3.07 bits per heavy atom. The standard InChI is InChI=1S/C11H14ClN3/c1-11(5-2-6-15-11)8-14-9-3-4-10(12)13-7-9/h2-5,7,14-15H,6,8H2,1H3/t11-/m1/s1. The van der Waals surface area contributed by atoms with Crippen LogP contribution in [0.1, 0.15) is 6.92 Å². The van der Waals surface area contributed by atoms with Crippen LogP contribution in [0.15, 0.2) is 30.5 Å². The first-order valence-corrected chi connectivity index (χ1v) is 5.34. The number of hydrogen-bond donors (Lipinski definition) is 2. The highest BCUT2D eigenvalue weighted by Gasteiger charge is 2.22. The predicted molar refractivity (Wildman–Crippen MR) is 63.3 cm³/mol. The lowest BCUT2D eigenvalue weighted by Crippen LogP contribution is -2.42. The zero-order chi connectivity index (χ0) is 10.7. The van der Waals surface area contributed by atoms with E-state index in [0.29, 0.717) is 5.15 Å². The lowest BCUT2D eigenvalue weighted by Gasteiger charge is -2.23. The smallest absolute Gasteiger partial charge is 0.129 e. The van der Waals surface area contributed by atoms with Gasteiger partial charge in [-0.3, -0.25) is 0 Å². The van der Waals surface area contributed by atoms with Crippen LogP contribution in [0.3, 0.4) is 0 Å². The minimum atomic E-state index is 0.0413. The third kappa shape index (κ3) is 2.70. The zero-order valence-corrected chi connectivity index (χ0v) is 9.38. The van der Waals surface area contributed by atoms with Crippen molar-refractivity contribution in [1.82, 2.24) is 10.3 Å². The largest absolute Gasteiger partial charge is 0.382 e. The van der Waals surface area contributed by atoms with Crippen molar-refractivity contribution < 1.29 is 0 Å². The van der Waals surface area contributed by atoms with Gasteiger partial charge in [-0.15, -0.1) is 0 Å². The fraction of sp³-hybridized carbons (Fsp3) is 0.364. The highest BCUT2D eigenvalue weighted by molar-refractivity contribution is 6.29. The van der Waals surface area contributed by atoms with Gasteiger partial charge in [0.2, 0.25) is 0 Å². The Kier molecular flexibility index (Phi) is 2.93. The Balaban J connectivity index is 1.93. The van der Waals surface area contributed by atoms with E-state index in [-0.39, 0.29) is 5.54 Å². The maximum Gasteiger partial charge on any atom is 0.129 e. The van der Waals surface area contributed by atoms with Crippen LogP contribution < -0.4 is 10.6 Å². The molecule has 0 aromatic carbocycles. The lowest BCUT2D eigenvalue weighted by molar-refractivity contribution is 0.509. The third-order valence-electron chi connectivity index (χ3n) is 2.50. The second-order valence-electron chi connectivity index (χ2n) is 3.92. The highest BCUT2D eigenvalue weighted by atomic mass is 35.5. The van der Waals surface area contributed by atoms with Gasteiger partial charge in [-0.05, 0) is 19.1 Å². The van der Waals surface area contributed by atoms with E-state index in [1.807, 2.05) is 6.07 Å². The van der Waals surface area contributed by atoms with Gasteiger partial charge in [0.25, 0.3) is 0 Å². The van der Waals surface area contributed by atoms with Crippen molar-refractivity contribution in [3.8, 4) is 0 Å². The summed E-state index contributed by atoms with van der Waals surface area (Å²) in [7, 11) is 0. The first-order chi connectivity index (χ1) is 7.18. The van der Waals surface area contributed by atoms with Gasteiger partial charge >= 0.3 is 0 Å². The van der Waals surface area contributed by atoms with Crippen LogP contribution in [-0.4, -0.2) is 23.6 Å². The molecule has 0 saturated carbocycles. The number of pyridine rings is 1. The number of anilines is 1. The maximum atomic E-state index is 5.70. The van der Waals surface area contributed by atoms with Gasteiger partial charge in [-0.1, -0.05) is 23.8 Å². The molecular formula is C11H14ClN3. The van der Waals surface area contributed by atoms with E-state index in [4.69, 9.17) is 11.6 Å². The average Bonchev–Trinajstić information content (AvgIpc) is 2.65. The monoisotopic (exact) mass is 223 g/mol. The summed E-state index contributed by atoms with van der Waals surface area (Å²) in [5, 5.41) is 7.23. The van der Waals surface area contributed by atoms with Gasteiger partial charge < -0.3 is 10.6 Å². The molecule has 1 aliphatic heterocycles. The van der Waals surface area contributed by atoms with E-state index < -0.39 is 0 Å². The van der Waals surface area contributed by atoms with Crippen LogP contribution in [0.4, 0.5) is 5.69 Å². The molecular weight excluding hydrogens is 210 g/mol. The van der Waals surface area contributed by atoms with E-state index in [0.717, 1.165) is 18.8 Å². The average molecular weight is 224 g/mol. The molecule has 1 aliphatic rings. The van der Waals surface area contributed by atoms with E-state index in [2.05, 4.69) is 34.7 Å². The van der Waals surface area contributed by atoms with E-state index >= 15 is 0 Å². The van der Waals surface area contributed by atoms with Gasteiger partial charge in [-0.2, -0.15) is 0 Å². The summed E-state index contributed by atoms with van der Waals surface area (Å²) >= 11 is 5.70. The molecule has 0 radical (unpaired) electrons. The van der Waals surface area contributed by atoms with Crippen molar-refractivity contribution in [3.05, 3.63) is 35.6 Å². The number of halogens is 1. The normalized spacial score (nSPS) is 24.4. The van der Waals surface area contributed by atoms with E-state index in [1.165, 1.54) is 0 Å². The molecule has 1 aromatic heterocycles. The number of nitrogens with one attached hydrogen (secondary N) is 2. The molecule has 0 bridgehead atoms. The van der Waals surface area contributed by atoms with Gasteiger partial charge in [-0.25, -0.2) is 4.98 Å². The molecule has 80 valence electrons. The molecule has 2 rings (SSSR count). The van der Waals surface area contributed by atoms with Crippen LogP contribution in [0.25, 0.3) is 0 Å². The number of hydrogen-bond acceptors (Lipinski definition) is 3. The molecule has 2 N–H and O–H groups in total. The molecule has 1 aromatic rings. The van der Waals surface area contributed by atoms with E-state index in [9.17, 15) is 0 Å². The fourth-order valence-electron chi connectivity index (χ4n) is 1.56. The topological polar surface area (TPSA) is 37.0 Å². The third-order valence-corrected chi connectivity index (χ3v) is 2.72. The second kappa shape index (κ2) is 4.21. The van der Waals surface area contributed by atoms with E-state index in [1.54, 1.807) is 12.3 Å². The first-order valence-electron chi connectivity index (χ1n) is 4.96. The number of aromatic nitrogens is 1. The van der Waals surface area contributed by atoms with Crippen molar-refractivity contribution in [1.29, 1.82) is 0 Å². The Bertz CT molecular complexity index is 361. The Morgan fingerprint density at radius 2 is 2.47 bits per heavy atom. The van der Waals surface area contributed by atoms with Crippen molar-refractivity contribution in [2.75, 3.05) is 18.4 Å². The predicted octanol–water partition coefficient (Wildman–Crippen LogP) is 2.06. The van der Waals surface area contributed by atoms with Crippen LogP contribution in [0.2, 0.25) is 5.15 Å². The van der Waals surface area contributed by atoms with Crippen molar-refractivity contribution in [2.45, 2.75) is 12.5 Å². The summed E-state index contributed by atoms with van der Waals surface area (Å²) in [6, 6.07) is 3.71. The van der Waals surface area contributed by atoms with Gasteiger partial charge in [0.1, 0.15) is 5.15 Å².